The van der Waals surface area contributed by atoms with Gasteiger partial charge in [0, 0.05) is 29.2 Å². The summed E-state index contributed by atoms with van der Waals surface area (Å²) in [5.41, 5.74) is 3.07. The lowest BCUT2D eigenvalue weighted by Gasteiger charge is -2.14. The third-order valence-electron chi connectivity index (χ3n) is 5.61. The van der Waals surface area contributed by atoms with Crippen molar-refractivity contribution in [3.8, 4) is 17.6 Å². The van der Waals surface area contributed by atoms with E-state index in [1.54, 1.807) is 30.3 Å². The zero-order valence-corrected chi connectivity index (χ0v) is 21.1. The van der Waals surface area contributed by atoms with Crippen molar-refractivity contribution >= 4 is 38.8 Å². The molecule has 0 spiro atoms. The van der Waals surface area contributed by atoms with Gasteiger partial charge in [-0.2, -0.15) is 5.26 Å². The molecule has 0 aliphatic carbocycles. The normalized spacial score (nSPS) is 11.2. The van der Waals surface area contributed by atoms with Crippen LogP contribution in [-0.4, -0.2) is 24.5 Å². The number of aromatic amines is 1. The number of nitrogens with zero attached hydrogens (tertiary/aromatic N) is 1. The van der Waals surface area contributed by atoms with Crippen molar-refractivity contribution in [2.75, 3.05) is 13.7 Å². The molecule has 1 heterocycles. The summed E-state index contributed by atoms with van der Waals surface area (Å²) in [7, 11) is 1.48. The van der Waals surface area contributed by atoms with Crippen LogP contribution in [0.4, 0.5) is 4.39 Å². The summed E-state index contributed by atoms with van der Waals surface area (Å²) in [5.74, 6) is -0.0580. The van der Waals surface area contributed by atoms with Gasteiger partial charge in [-0.25, -0.2) is 4.39 Å². The van der Waals surface area contributed by atoms with Crippen molar-refractivity contribution in [3.63, 3.8) is 0 Å². The largest absolute Gasteiger partial charge is 0.493 e. The zero-order valence-electron chi connectivity index (χ0n) is 19.5. The van der Waals surface area contributed by atoms with E-state index in [4.69, 9.17) is 9.47 Å². The van der Waals surface area contributed by atoms with Crippen LogP contribution in [0.5, 0.6) is 11.5 Å². The highest BCUT2D eigenvalue weighted by Gasteiger charge is 2.15. The van der Waals surface area contributed by atoms with Crippen LogP contribution in [0, 0.1) is 17.1 Å². The molecule has 0 fully saturated rings. The van der Waals surface area contributed by atoms with Gasteiger partial charge in [-0.05, 0) is 63.8 Å². The second-order valence-electron chi connectivity index (χ2n) is 7.95. The molecule has 1 amide bonds. The van der Waals surface area contributed by atoms with Crippen LogP contribution < -0.4 is 14.8 Å². The van der Waals surface area contributed by atoms with Gasteiger partial charge in [-0.1, -0.05) is 36.4 Å². The molecule has 6 nitrogen and oxygen atoms in total. The maximum Gasteiger partial charge on any atom is 0.261 e. The number of nitrogens with one attached hydrogen (secondary N) is 2. The zero-order chi connectivity index (χ0) is 25.5. The fourth-order valence-corrected chi connectivity index (χ4v) is 4.36. The standard InChI is InChI=1S/C28H23BrFN3O3/c1-35-26-14-18(13-23(29)27(26)36-17-20-6-2-4-8-24(20)30)12-21(15-31)28(34)32-11-10-19-16-33-25-9-5-3-7-22(19)25/h2-9,12-14,16,33H,10-11,17H2,1H3,(H,32,34)/b21-12-. The van der Waals surface area contributed by atoms with Gasteiger partial charge in [-0.3, -0.25) is 4.79 Å². The monoisotopic (exact) mass is 547 g/mol. The molecule has 0 bridgehead atoms. The first kappa shape index (κ1) is 25.0. The number of H-pyrrole nitrogens is 1. The Morgan fingerprint density at radius 1 is 1.17 bits per heavy atom. The number of para-hydroxylation sites is 1. The first-order chi connectivity index (χ1) is 17.5. The van der Waals surface area contributed by atoms with E-state index in [1.807, 2.05) is 36.5 Å². The first-order valence-electron chi connectivity index (χ1n) is 11.2. The third-order valence-corrected chi connectivity index (χ3v) is 6.20. The number of nitriles is 1. The number of rotatable bonds is 9. The Kier molecular flexibility index (Phi) is 8.03. The van der Waals surface area contributed by atoms with Crippen molar-refractivity contribution in [3.05, 3.63) is 99.4 Å². The van der Waals surface area contributed by atoms with Crippen LogP contribution in [-0.2, 0) is 17.8 Å². The summed E-state index contributed by atoms with van der Waals surface area (Å²) in [4.78, 5) is 15.9. The molecule has 3 aromatic carbocycles. The molecule has 0 radical (unpaired) electrons. The molecule has 4 aromatic rings. The Balaban J connectivity index is 1.44. The number of hydrogen-bond acceptors (Lipinski definition) is 4. The number of methoxy groups -OCH3 is 1. The second kappa shape index (κ2) is 11.6. The van der Waals surface area contributed by atoms with Crippen LogP contribution in [0.15, 0.2) is 76.9 Å². The Morgan fingerprint density at radius 2 is 1.94 bits per heavy atom. The van der Waals surface area contributed by atoms with Crippen molar-refractivity contribution in [2.45, 2.75) is 13.0 Å². The van der Waals surface area contributed by atoms with E-state index < -0.39 is 5.91 Å². The van der Waals surface area contributed by atoms with E-state index >= 15 is 0 Å². The molecule has 2 N–H and O–H groups in total. The van der Waals surface area contributed by atoms with Crippen molar-refractivity contribution in [1.29, 1.82) is 5.26 Å². The van der Waals surface area contributed by atoms with Crippen molar-refractivity contribution < 1.29 is 18.7 Å². The Morgan fingerprint density at radius 3 is 2.72 bits per heavy atom. The molecule has 0 unspecified atom stereocenters. The van der Waals surface area contributed by atoms with Gasteiger partial charge in [-0.15, -0.1) is 0 Å². The van der Waals surface area contributed by atoms with E-state index in [0.29, 0.717) is 40.1 Å². The van der Waals surface area contributed by atoms with E-state index in [-0.39, 0.29) is 18.0 Å². The number of carbonyl (C=O) groups is 1. The molecule has 0 aliphatic heterocycles. The number of carbonyl (C=O) groups excluding carboxylic acids is 1. The van der Waals surface area contributed by atoms with Gasteiger partial charge in [0.15, 0.2) is 11.5 Å². The second-order valence-corrected chi connectivity index (χ2v) is 8.80. The molecule has 1 aromatic heterocycles. The first-order valence-corrected chi connectivity index (χ1v) is 12.0. The number of fused-ring (bicyclic) bond motifs is 1. The Labute approximate surface area is 216 Å². The Hall–Kier alpha value is -4.09. The fraction of sp³-hybridized carbons (Fsp3) is 0.143. The fourth-order valence-electron chi connectivity index (χ4n) is 3.79. The molecule has 0 atom stereocenters. The minimum absolute atomic E-state index is 0.0130. The molecule has 0 saturated heterocycles. The van der Waals surface area contributed by atoms with Crippen LogP contribution >= 0.6 is 15.9 Å². The highest BCUT2D eigenvalue weighted by Crippen LogP contribution is 2.38. The molecule has 36 heavy (non-hydrogen) atoms. The van der Waals surface area contributed by atoms with Crippen LogP contribution in [0.25, 0.3) is 17.0 Å². The predicted octanol–water partition coefficient (Wildman–Crippen LogP) is 5.92. The molecular weight excluding hydrogens is 525 g/mol. The maximum absolute atomic E-state index is 13.9. The van der Waals surface area contributed by atoms with Gasteiger partial charge >= 0.3 is 0 Å². The maximum atomic E-state index is 13.9. The highest BCUT2D eigenvalue weighted by molar-refractivity contribution is 9.10. The average molecular weight is 548 g/mol. The summed E-state index contributed by atoms with van der Waals surface area (Å²) in [6.07, 6.45) is 4.04. The van der Waals surface area contributed by atoms with Crippen LogP contribution in [0.3, 0.4) is 0 Å². The van der Waals surface area contributed by atoms with Crippen LogP contribution in [0.2, 0.25) is 0 Å². The van der Waals surface area contributed by atoms with E-state index in [1.165, 1.54) is 19.3 Å². The SMILES string of the molecule is COc1cc(/C=C(/C#N)C(=O)NCCc2c[nH]c3ccccc23)cc(Br)c1OCc1ccccc1F. The van der Waals surface area contributed by atoms with Gasteiger partial charge in [0.25, 0.3) is 5.91 Å². The minimum atomic E-state index is -0.465. The highest BCUT2D eigenvalue weighted by atomic mass is 79.9. The third kappa shape index (κ3) is 5.75. The number of benzene rings is 3. The molecule has 0 aliphatic rings. The molecule has 182 valence electrons. The van der Waals surface area contributed by atoms with E-state index in [0.717, 1.165) is 16.5 Å². The Bertz CT molecular complexity index is 1470. The number of amides is 1. The number of hydrogen-bond donors (Lipinski definition) is 2. The number of aromatic nitrogens is 1. The van der Waals surface area contributed by atoms with Gasteiger partial charge in [0.05, 0.1) is 11.6 Å². The van der Waals surface area contributed by atoms with Gasteiger partial charge < -0.3 is 19.8 Å². The lowest BCUT2D eigenvalue weighted by molar-refractivity contribution is -0.117. The predicted molar refractivity (Wildman–Crippen MR) is 140 cm³/mol. The number of ether oxygens (including phenoxy) is 2. The molecule has 0 saturated carbocycles. The lowest BCUT2D eigenvalue weighted by Crippen LogP contribution is -2.26. The average Bonchev–Trinajstić information content (AvgIpc) is 3.30. The van der Waals surface area contributed by atoms with Crippen molar-refractivity contribution in [1.82, 2.24) is 10.3 Å². The molecule has 4 rings (SSSR count). The topological polar surface area (TPSA) is 87.1 Å². The lowest BCUT2D eigenvalue weighted by atomic mass is 10.1. The van der Waals surface area contributed by atoms with E-state index in [9.17, 15) is 14.4 Å². The minimum Gasteiger partial charge on any atom is -0.493 e. The quantitative estimate of drug-likeness (QED) is 0.201. The summed E-state index contributed by atoms with van der Waals surface area (Å²) in [6.45, 7) is 0.397. The van der Waals surface area contributed by atoms with E-state index in [2.05, 4.69) is 26.2 Å². The van der Waals surface area contributed by atoms with Crippen molar-refractivity contribution in [2.24, 2.45) is 0 Å². The molecular formula is C28H23BrFN3O3. The molecule has 8 heteroatoms. The summed E-state index contributed by atoms with van der Waals surface area (Å²) < 4.78 is 25.7. The number of halogens is 2. The van der Waals surface area contributed by atoms with Crippen LogP contribution in [0.1, 0.15) is 16.7 Å². The smallest absolute Gasteiger partial charge is 0.261 e. The van der Waals surface area contributed by atoms with Gasteiger partial charge in [0.2, 0.25) is 0 Å². The summed E-state index contributed by atoms with van der Waals surface area (Å²) in [6, 6.07) is 19.6. The van der Waals surface area contributed by atoms with Gasteiger partial charge in [0.1, 0.15) is 24.1 Å². The summed E-state index contributed by atoms with van der Waals surface area (Å²) >= 11 is 3.45. The summed E-state index contributed by atoms with van der Waals surface area (Å²) in [5, 5.41) is 13.5.